The molecular formula is C37H67N3O11. The van der Waals surface area contributed by atoms with Crippen molar-refractivity contribution >= 4 is 11.9 Å². The number of amides is 1. The summed E-state index contributed by atoms with van der Waals surface area (Å²) in [6.07, 6.45) is -4.01. The van der Waals surface area contributed by atoms with Crippen LogP contribution in [0.4, 0.5) is 0 Å². The molecule has 51 heavy (non-hydrogen) atoms. The minimum Gasteiger partial charge on any atom is -0.459 e. The number of carbonyl (C=O) groups excluding carboxylic acids is 2. The van der Waals surface area contributed by atoms with E-state index in [-0.39, 0.29) is 56.3 Å². The summed E-state index contributed by atoms with van der Waals surface area (Å²) in [5.41, 5.74) is -2.80. The van der Waals surface area contributed by atoms with E-state index in [1.54, 1.807) is 18.7 Å². The minimum absolute atomic E-state index is 0.0318. The summed E-state index contributed by atoms with van der Waals surface area (Å²) in [5, 5.41) is 44.4. The molecule has 4 fully saturated rings. The first-order chi connectivity index (χ1) is 23.7. The predicted molar refractivity (Wildman–Crippen MR) is 188 cm³/mol. The molecule has 0 saturated carbocycles. The second kappa shape index (κ2) is 16.5. The molecule has 4 N–H and O–H groups in total. The van der Waals surface area contributed by atoms with Gasteiger partial charge in [-0.15, -0.1) is 0 Å². The number of fused-ring (bicyclic) bond motifs is 3. The maximum absolute atomic E-state index is 14.2. The molecule has 0 radical (unpaired) electrons. The van der Waals surface area contributed by atoms with Crippen molar-refractivity contribution in [1.82, 2.24) is 14.7 Å². The van der Waals surface area contributed by atoms with E-state index >= 15 is 0 Å². The van der Waals surface area contributed by atoms with Crippen LogP contribution < -0.4 is 0 Å². The summed E-state index contributed by atoms with van der Waals surface area (Å²) in [4.78, 5) is 32.2. The van der Waals surface area contributed by atoms with Gasteiger partial charge in [-0.1, -0.05) is 20.8 Å². The van der Waals surface area contributed by atoms with Gasteiger partial charge in [-0.3, -0.25) is 9.59 Å². The zero-order valence-corrected chi connectivity index (χ0v) is 32.8. The largest absolute Gasteiger partial charge is 0.459 e. The highest BCUT2D eigenvalue weighted by Gasteiger charge is 2.58. The summed E-state index contributed by atoms with van der Waals surface area (Å²) < 4.78 is 33.5. The number of likely N-dealkylation sites (N-methyl/N-ethyl adjacent to an activating group) is 2. The van der Waals surface area contributed by atoms with Gasteiger partial charge in [0, 0.05) is 50.5 Å². The molecule has 4 rings (SSSR count). The summed E-state index contributed by atoms with van der Waals surface area (Å²) >= 11 is 0. The fourth-order valence-corrected chi connectivity index (χ4v) is 9.12. The number of rotatable bonds is 5. The van der Waals surface area contributed by atoms with Gasteiger partial charge in [0.25, 0.3) is 0 Å². The molecule has 1 spiro atoms. The third-order valence-electron chi connectivity index (χ3n) is 12.2. The second-order valence-electron chi connectivity index (χ2n) is 16.7. The lowest BCUT2D eigenvalue weighted by Crippen LogP contribution is -2.60. The highest BCUT2D eigenvalue weighted by atomic mass is 16.7. The SMILES string of the molecule is CC[C@@H]1OC(=O)[C@H](C)[C@H]2OC3(CCN(C(=O)CO)CC3)OC(C)(C[C@@H](C)CN(C)[C@@H](C)[C@@H](O)[C@]1(C)O)[C@H](OC1O[C@H](C)C[C@H](N(C)C)[C@H]1O)[C@H]2C. The van der Waals surface area contributed by atoms with E-state index in [4.69, 9.17) is 23.7 Å². The number of hydrogen-bond donors (Lipinski definition) is 4. The van der Waals surface area contributed by atoms with Crippen molar-refractivity contribution in [3.8, 4) is 0 Å². The van der Waals surface area contributed by atoms with Gasteiger partial charge in [-0.2, -0.15) is 0 Å². The Bertz CT molecular complexity index is 1180. The molecule has 2 bridgehead atoms. The highest BCUT2D eigenvalue weighted by Crippen LogP contribution is 2.48. The monoisotopic (exact) mass is 729 g/mol. The number of nitrogens with zero attached hydrogens (tertiary/aromatic N) is 3. The minimum atomic E-state index is -1.75. The number of aliphatic hydroxyl groups is 4. The summed E-state index contributed by atoms with van der Waals surface area (Å²) in [5.74, 6) is -3.61. The fourth-order valence-electron chi connectivity index (χ4n) is 9.12. The second-order valence-corrected chi connectivity index (χ2v) is 16.7. The van der Waals surface area contributed by atoms with Crippen LogP contribution in [0.3, 0.4) is 0 Å². The maximum atomic E-state index is 14.2. The van der Waals surface area contributed by atoms with E-state index in [0.29, 0.717) is 19.4 Å². The van der Waals surface area contributed by atoms with E-state index < -0.39 is 84.3 Å². The Morgan fingerprint density at radius 3 is 2.27 bits per heavy atom. The summed E-state index contributed by atoms with van der Waals surface area (Å²) in [6.45, 7) is 15.4. The number of carbonyl (C=O) groups is 2. The average Bonchev–Trinajstić information content (AvgIpc) is 3.14. The number of aliphatic hydroxyl groups excluding tert-OH is 3. The van der Waals surface area contributed by atoms with Crippen molar-refractivity contribution in [1.29, 1.82) is 0 Å². The normalized spacial score (nSPS) is 44.9. The van der Waals surface area contributed by atoms with Gasteiger partial charge in [0.2, 0.25) is 5.91 Å². The van der Waals surface area contributed by atoms with Crippen molar-refractivity contribution in [2.75, 3.05) is 47.4 Å². The Hall–Kier alpha value is -1.46. The average molecular weight is 730 g/mol. The van der Waals surface area contributed by atoms with Crippen molar-refractivity contribution in [2.24, 2.45) is 17.8 Å². The van der Waals surface area contributed by atoms with Gasteiger partial charge < -0.3 is 58.8 Å². The van der Waals surface area contributed by atoms with Crippen molar-refractivity contribution in [3.63, 3.8) is 0 Å². The molecule has 0 aromatic heterocycles. The molecule has 14 nitrogen and oxygen atoms in total. The van der Waals surface area contributed by atoms with Crippen LogP contribution in [-0.2, 0) is 33.3 Å². The molecule has 1 amide bonds. The Labute approximate surface area is 304 Å². The number of likely N-dealkylation sites (tertiary alicyclic amines) is 1. The van der Waals surface area contributed by atoms with Crippen LogP contribution in [0.1, 0.15) is 87.5 Å². The summed E-state index contributed by atoms with van der Waals surface area (Å²) in [6, 6.07) is -0.705. The maximum Gasteiger partial charge on any atom is 0.311 e. The molecule has 4 saturated heterocycles. The lowest BCUT2D eigenvalue weighted by Gasteiger charge is -2.49. The van der Waals surface area contributed by atoms with Gasteiger partial charge in [0.15, 0.2) is 12.1 Å². The molecule has 14 heteroatoms. The number of piperidine rings is 1. The van der Waals surface area contributed by atoms with Crippen molar-refractivity contribution in [3.05, 3.63) is 0 Å². The van der Waals surface area contributed by atoms with Crippen LogP contribution in [-0.4, -0.2) is 166 Å². The van der Waals surface area contributed by atoms with E-state index in [1.165, 1.54) is 6.92 Å². The molecule has 4 aliphatic rings. The first-order valence-electron chi connectivity index (χ1n) is 18.9. The van der Waals surface area contributed by atoms with Crippen LogP contribution >= 0.6 is 0 Å². The molecule has 0 aromatic carbocycles. The lowest BCUT2D eigenvalue weighted by atomic mass is 9.78. The van der Waals surface area contributed by atoms with Crippen molar-refractivity contribution in [2.45, 2.75) is 159 Å². The van der Waals surface area contributed by atoms with Gasteiger partial charge >= 0.3 is 5.97 Å². The molecule has 14 atom stereocenters. The first kappa shape index (κ1) is 42.3. The molecular weight excluding hydrogens is 662 g/mol. The van der Waals surface area contributed by atoms with Crippen LogP contribution in [0.2, 0.25) is 0 Å². The first-order valence-corrected chi connectivity index (χ1v) is 18.9. The topological polar surface area (TPSA) is 171 Å². The van der Waals surface area contributed by atoms with E-state index in [2.05, 4.69) is 6.92 Å². The molecule has 2 unspecified atom stereocenters. The smallest absolute Gasteiger partial charge is 0.311 e. The van der Waals surface area contributed by atoms with E-state index in [9.17, 15) is 30.0 Å². The zero-order valence-electron chi connectivity index (χ0n) is 32.8. The zero-order chi connectivity index (χ0) is 38.2. The molecule has 0 aliphatic carbocycles. The Kier molecular flexibility index (Phi) is 13.7. The summed E-state index contributed by atoms with van der Waals surface area (Å²) in [7, 11) is 5.73. The number of esters is 1. The van der Waals surface area contributed by atoms with E-state index in [1.807, 2.05) is 58.6 Å². The van der Waals surface area contributed by atoms with Gasteiger partial charge in [0.1, 0.15) is 30.5 Å². The van der Waals surface area contributed by atoms with Crippen LogP contribution in [0, 0.1) is 17.8 Å². The molecule has 0 aromatic rings. The Morgan fingerprint density at radius 1 is 1.08 bits per heavy atom. The number of ether oxygens (including phenoxy) is 5. The fraction of sp³-hybridized carbons (Fsp3) is 0.946. The Morgan fingerprint density at radius 2 is 1.71 bits per heavy atom. The van der Waals surface area contributed by atoms with E-state index in [0.717, 1.165) is 0 Å². The lowest BCUT2D eigenvalue weighted by molar-refractivity contribution is -0.331. The Balaban J connectivity index is 1.85. The van der Waals surface area contributed by atoms with Crippen LogP contribution in [0.25, 0.3) is 0 Å². The van der Waals surface area contributed by atoms with Crippen LogP contribution in [0.15, 0.2) is 0 Å². The third kappa shape index (κ3) is 8.92. The van der Waals surface area contributed by atoms with Crippen molar-refractivity contribution < 1.29 is 53.7 Å². The standard InChI is InChI=1S/C37H67N3O11/c1-12-27-36(8,46)31(44)25(6)39(11)19-21(2)18-35(7)32(49-34-29(43)26(38(9)10)17-22(3)47-34)23(4)30(24(5)33(45)48-27)50-37(51-35)13-15-40(16-14-37)28(42)20-41/h21-27,29-32,34,41,43-44,46H,12-20H2,1-11H3/t21-,22-,23+,24-,25+,26+,27+,29-,30+,31-,32-,34?,35?,36-/m1/s1. The highest BCUT2D eigenvalue weighted by molar-refractivity contribution is 5.77. The van der Waals surface area contributed by atoms with Crippen LogP contribution in [0.5, 0.6) is 0 Å². The molecule has 4 heterocycles. The third-order valence-corrected chi connectivity index (χ3v) is 12.2. The number of cyclic esters (lactones) is 1. The quantitative estimate of drug-likeness (QED) is 0.300. The van der Waals surface area contributed by atoms with Gasteiger partial charge in [-0.05, 0) is 80.9 Å². The molecule has 4 aliphatic heterocycles. The van der Waals surface area contributed by atoms with Gasteiger partial charge in [-0.25, -0.2) is 0 Å². The van der Waals surface area contributed by atoms with Gasteiger partial charge in [0.05, 0.1) is 29.8 Å². The predicted octanol–water partition coefficient (Wildman–Crippen LogP) is 1.35. The number of hydrogen-bond acceptors (Lipinski definition) is 13. The molecule has 296 valence electrons.